The summed E-state index contributed by atoms with van der Waals surface area (Å²) in [4.78, 5) is 18.3. The van der Waals surface area contributed by atoms with Crippen molar-refractivity contribution in [1.29, 1.82) is 0 Å². The molecule has 0 spiro atoms. The van der Waals surface area contributed by atoms with Crippen molar-refractivity contribution in [2.45, 2.75) is 46.3 Å². The average molecular weight is 461 g/mol. The van der Waals surface area contributed by atoms with Crippen molar-refractivity contribution in [1.82, 2.24) is 24.5 Å². The first kappa shape index (κ1) is 22.3. The lowest BCUT2D eigenvalue weighted by Gasteiger charge is -2.20. The van der Waals surface area contributed by atoms with Crippen LogP contribution < -0.4 is 15.2 Å². The van der Waals surface area contributed by atoms with Gasteiger partial charge in [0.05, 0.1) is 24.1 Å². The van der Waals surface area contributed by atoms with Crippen molar-refractivity contribution >= 4 is 17.3 Å². The number of hydrogen-bond donors (Lipinski definition) is 0. The fourth-order valence-electron chi connectivity index (χ4n) is 4.13. The smallest absolute Gasteiger partial charge is 0.287 e. The van der Waals surface area contributed by atoms with Crippen LogP contribution in [0.5, 0.6) is 5.88 Å². The van der Waals surface area contributed by atoms with E-state index in [2.05, 4.69) is 15.2 Å². The largest absolute Gasteiger partial charge is 0.472 e. The second kappa shape index (κ2) is 8.90. The Morgan fingerprint density at radius 1 is 1.31 bits per heavy atom. The van der Waals surface area contributed by atoms with Gasteiger partial charge in [-0.25, -0.2) is 4.68 Å². The summed E-state index contributed by atoms with van der Waals surface area (Å²) >= 11 is 6.34. The van der Waals surface area contributed by atoms with Gasteiger partial charge in [0.1, 0.15) is 11.1 Å². The highest BCUT2D eigenvalue weighted by Crippen LogP contribution is 2.31. The Morgan fingerprint density at radius 2 is 2.09 bits per heavy atom. The second-order valence-electron chi connectivity index (χ2n) is 8.03. The molecule has 0 saturated carbocycles. The minimum Gasteiger partial charge on any atom is -0.472 e. The standard InChI is InChI=1S/C22H26ClFN6O2/c1-5-7-30-22(31)21(23)17(11-25-30)29-8-6-16(12-29)32-19-10-15(9-18(24)26-19)20-13(2)27-28(4)14(20)3/h9-11,16H,5-8,12H2,1-4H3/t16-/m1/s1. The zero-order valence-corrected chi connectivity index (χ0v) is 19.4. The first-order chi connectivity index (χ1) is 15.3. The zero-order chi connectivity index (χ0) is 23.0. The Balaban J connectivity index is 1.53. The number of anilines is 1. The van der Waals surface area contributed by atoms with Crippen LogP contribution in [0.1, 0.15) is 31.2 Å². The Labute approximate surface area is 190 Å². The van der Waals surface area contributed by atoms with E-state index >= 15 is 0 Å². The average Bonchev–Trinajstić information content (AvgIpc) is 3.29. The minimum atomic E-state index is -0.609. The molecule has 0 aliphatic carbocycles. The minimum absolute atomic E-state index is 0.155. The monoisotopic (exact) mass is 460 g/mol. The summed E-state index contributed by atoms with van der Waals surface area (Å²) in [6.45, 7) is 7.47. The van der Waals surface area contributed by atoms with Gasteiger partial charge in [0.2, 0.25) is 11.8 Å². The quantitative estimate of drug-likeness (QED) is 0.524. The molecule has 0 bridgehead atoms. The molecule has 1 atom stereocenters. The van der Waals surface area contributed by atoms with Crippen molar-refractivity contribution in [3.8, 4) is 17.0 Å². The molecule has 4 rings (SSSR count). The topological polar surface area (TPSA) is 78.1 Å². The molecule has 3 aromatic heterocycles. The van der Waals surface area contributed by atoms with E-state index in [1.807, 2.05) is 32.7 Å². The predicted molar refractivity (Wildman–Crippen MR) is 121 cm³/mol. The maximum atomic E-state index is 14.3. The molecule has 10 heteroatoms. The van der Waals surface area contributed by atoms with Gasteiger partial charge in [0.25, 0.3) is 5.56 Å². The van der Waals surface area contributed by atoms with Gasteiger partial charge in [-0.05, 0) is 25.8 Å². The van der Waals surface area contributed by atoms with Crippen molar-refractivity contribution in [3.05, 3.63) is 51.0 Å². The third-order valence-electron chi connectivity index (χ3n) is 5.74. The van der Waals surface area contributed by atoms with Gasteiger partial charge in [0, 0.05) is 49.9 Å². The van der Waals surface area contributed by atoms with Crippen molar-refractivity contribution in [2.24, 2.45) is 7.05 Å². The maximum Gasteiger partial charge on any atom is 0.287 e. The van der Waals surface area contributed by atoms with E-state index in [1.165, 1.54) is 10.7 Å². The summed E-state index contributed by atoms with van der Waals surface area (Å²) in [5.74, 6) is -0.390. The molecule has 1 saturated heterocycles. The third kappa shape index (κ3) is 4.21. The second-order valence-corrected chi connectivity index (χ2v) is 8.41. The first-order valence-electron chi connectivity index (χ1n) is 10.6. The van der Waals surface area contributed by atoms with Crippen LogP contribution in [-0.2, 0) is 13.6 Å². The fourth-order valence-corrected chi connectivity index (χ4v) is 4.40. The highest BCUT2D eigenvalue weighted by molar-refractivity contribution is 6.33. The van der Waals surface area contributed by atoms with Gasteiger partial charge < -0.3 is 9.64 Å². The van der Waals surface area contributed by atoms with E-state index in [1.54, 1.807) is 16.9 Å². The Hall–Kier alpha value is -2.94. The summed E-state index contributed by atoms with van der Waals surface area (Å²) in [5.41, 5.74) is 3.59. The van der Waals surface area contributed by atoms with Gasteiger partial charge in [0.15, 0.2) is 0 Å². The number of pyridine rings is 1. The molecular weight excluding hydrogens is 435 g/mol. The molecule has 1 fully saturated rings. The van der Waals surface area contributed by atoms with Crippen LogP contribution in [-0.4, -0.2) is 43.7 Å². The molecule has 0 unspecified atom stereocenters. The molecule has 0 N–H and O–H groups in total. The summed E-state index contributed by atoms with van der Waals surface area (Å²) < 4.78 is 23.5. The number of nitrogens with zero attached hydrogens (tertiary/aromatic N) is 6. The molecule has 1 aliphatic heterocycles. The van der Waals surface area contributed by atoms with Crippen molar-refractivity contribution in [2.75, 3.05) is 18.0 Å². The van der Waals surface area contributed by atoms with Crippen LogP contribution in [0, 0.1) is 19.8 Å². The third-order valence-corrected chi connectivity index (χ3v) is 6.10. The number of rotatable bonds is 6. The van der Waals surface area contributed by atoms with E-state index in [0.717, 1.165) is 23.4 Å². The molecule has 3 aromatic rings. The molecule has 8 nitrogen and oxygen atoms in total. The number of aromatic nitrogens is 5. The fraction of sp³-hybridized carbons (Fsp3) is 0.455. The van der Waals surface area contributed by atoms with E-state index in [9.17, 15) is 9.18 Å². The van der Waals surface area contributed by atoms with Crippen LogP contribution in [0.3, 0.4) is 0 Å². The van der Waals surface area contributed by atoms with Crippen LogP contribution >= 0.6 is 11.6 Å². The van der Waals surface area contributed by atoms with Crippen LogP contribution in [0.4, 0.5) is 10.1 Å². The maximum absolute atomic E-state index is 14.3. The van der Waals surface area contributed by atoms with Crippen molar-refractivity contribution in [3.63, 3.8) is 0 Å². The van der Waals surface area contributed by atoms with Crippen molar-refractivity contribution < 1.29 is 9.13 Å². The lowest BCUT2D eigenvalue weighted by Crippen LogP contribution is -2.29. The molecule has 32 heavy (non-hydrogen) atoms. The van der Waals surface area contributed by atoms with Crippen LogP contribution in [0.25, 0.3) is 11.1 Å². The normalized spacial score (nSPS) is 16.1. The highest BCUT2D eigenvalue weighted by Gasteiger charge is 2.28. The lowest BCUT2D eigenvalue weighted by molar-refractivity contribution is 0.213. The van der Waals surface area contributed by atoms with Gasteiger partial charge in [-0.2, -0.15) is 19.6 Å². The SMILES string of the molecule is CCCn1ncc(N2CC[C@@H](Oc3cc(-c4c(C)nn(C)c4C)cc(F)n3)C2)c(Cl)c1=O. The summed E-state index contributed by atoms with van der Waals surface area (Å²) in [6.07, 6.45) is 2.88. The zero-order valence-electron chi connectivity index (χ0n) is 18.6. The van der Waals surface area contributed by atoms with E-state index in [4.69, 9.17) is 16.3 Å². The van der Waals surface area contributed by atoms with E-state index < -0.39 is 5.95 Å². The molecule has 170 valence electrons. The molecule has 0 amide bonds. The molecule has 1 aliphatic rings. The van der Waals surface area contributed by atoms with Gasteiger partial charge in [-0.1, -0.05) is 18.5 Å². The molecular formula is C22H26ClFN6O2. The van der Waals surface area contributed by atoms with Crippen LogP contribution in [0.2, 0.25) is 5.02 Å². The molecule has 0 aromatic carbocycles. The van der Waals surface area contributed by atoms with Gasteiger partial charge in [-0.3, -0.25) is 9.48 Å². The Morgan fingerprint density at radius 3 is 2.78 bits per heavy atom. The Bertz CT molecular complexity index is 1210. The highest BCUT2D eigenvalue weighted by atomic mass is 35.5. The van der Waals surface area contributed by atoms with Gasteiger partial charge in [-0.15, -0.1) is 0 Å². The molecule has 4 heterocycles. The Kier molecular flexibility index (Phi) is 6.19. The number of aryl methyl sites for hydroxylation is 3. The first-order valence-corrected chi connectivity index (χ1v) is 11.0. The number of hydrogen-bond acceptors (Lipinski definition) is 6. The summed E-state index contributed by atoms with van der Waals surface area (Å²) in [6, 6.07) is 3.13. The van der Waals surface area contributed by atoms with Gasteiger partial charge >= 0.3 is 0 Å². The van der Waals surface area contributed by atoms with Crippen LogP contribution in [0.15, 0.2) is 23.1 Å². The van der Waals surface area contributed by atoms with E-state index in [0.29, 0.717) is 37.3 Å². The molecule has 0 radical (unpaired) electrons. The summed E-state index contributed by atoms with van der Waals surface area (Å²) in [7, 11) is 1.86. The number of ether oxygens (including phenoxy) is 1. The predicted octanol–water partition coefficient (Wildman–Crippen LogP) is 3.52. The summed E-state index contributed by atoms with van der Waals surface area (Å²) in [5, 5.41) is 8.79. The lowest BCUT2D eigenvalue weighted by atomic mass is 10.1. The number of halogens is 2. The van der Waals surface area contributed by atoms with E-state index in [-0.39, 0.29) is 22.6 Å².